The lowest BCUT2D eigenvalue weighted by Gasteiger charge is -2.46. The maximum atomic E-state index is 13.0. The lowest BCUT2D eigenvalue weighted by molar-refractivity contribution is -0.141. The lowest BCUT2D eigenvalue weighted by atomic mass is 9.96. The third-order valence-corrected chi connectivity index (χ3v) is 6.32. The predicted molar refractivity (Wildman–Crippen MR) is 113 cm³/mol. The molecule has 0 radical (unpaired) electrons. The molecule has 2 atom stereocenters. The molecule has 0 spiro atoms. The SMILES string of the molecule is C[C@H]1CN(C2CCN(c3cncc(C(F)(F)F)n3)CC2)[C@@H](Cc2ccc(Cl)cc2)CO1. The molecule has 1 aromatic carbocycles. The second kappa shape index (κ2) is 9.30. The summed E-state index contributed by atoms with van der Waals surface area (Å²) in [6, 6.07) is 8.53. The molecule has 2 saturated heterocycles. The highest BCUT2D eigenvalue weighted by atomic mass is 35.5. The van der Waals surface area contributed by atoms with Gasteiger partial charge >= 0.3 is 6.18 Å². The minimum absolute atomic E-state index is 0.161. The van der Waals surface area contributed by atoms with Crippen molar-refractivity contribution in [3.05, 3.63) is 52.9 Å². The number of halogens is 4. The van der Waals surface area contributed by atoms with Crippen molar-refractivity contribution in [1.82, 2.24) is 14.9 Å². The zero-order chi connectivity index (χ0) is 22.0. The number of ether oxygens (including phenoxy) is 1. The summed E-state index contributed by atoms with van der Waals surface area (Å²) in [4.78, 5) is 12.0. The molecular formula is C22H26ClF3N4O. The molecule has 2 aromatic rings. The summed E-state index contributed by atoms with van der Waals surface area (Å²) in [5.41, 5.74) is 0.270. The van der Waals surface area contributed by atoms with Crippen LogP contribution in [0.1, 0.15) is 31.0 Å². The molecule has 0 N–H and O–H groups in total. The summed E-state index contributed by atoms with van der Waals surface area (Å²) in [7, 11) is 0. The molecular weight excluding hydrogens is 429 g/mol. The molecule has 0 unspecified atom stereocenters. The van der Waals surface area contributed by atoms with Crippen molar-refractivity contribution in [1.29, 1.82) is 0 Å². The average molecular weight is 455 g/mol. The number of rotatable bonds is 4. The molecule has 1 aromatic heterocycles. The fourth-order valence-corrected chi connectivity index (χ4v) is 4.58. The van der Waals surface area contributed by atoms with Crippen molar-refractivity contribution in [3.8, 4) is 0 Å². The molecule has 168 valence electrons. The van der Waals surface area contributed by atoms with E-state index in [4.69, 9.17) is 16.3 Å². The van der Waals surface area contributed by atoms with Crippen LogP contribution >= 0.6 is 11.6 Å². The van der Waals surface area contributed by atoms with Gasteiger partial charge in [-0.15, -0.1) is 0 Å². The maximum absolute atomic E-state index is 13.0. The molecule has 9 heteroatoms. The van der Waals surface area contributed by atoms with Crippen molar-refractivity contribution < 1.29 is 17.9 Å². The largest absolute Gasteiger partial charge is 0.434 e. The van der Waals surface area contributed by atoms with Crippen molar-refractivity contribution in [2.24, 2.45) is 0 Å². The third-order valence-electron chi connectivity index (χ3n) is 6.06. The van der Waals surface area contributed by atoms with E-state index in [1.165, 1.54) is 11.8 Å². The van der Waals surface area contributed by atoms with Crippen LogP contribution in [0.3, 0.4) is 0 Å². The number of alkyl halides is 3. The highest BCUT2D eigenvalue weighted by Crippen LogP contribution is 2.30. The maximum Gasteiger partial charge on any atom is 0.434 e. The van der Waals surface area contributed by atoms with Gasteiger partial charge in [0.2, 0.25) is 0 Å². The van der Waals surface area contributed by atoms with Crippen LogP contribution < -0.4 is 4.90 Å². The first-order chi connectivity index (χ1) is 14.8. The summed E-state index contributed by atoms with van der Waals surface area (Å²) < 4.78 is 44.9. The molecule has 2 aliphatic rings. The van der Waals surface area contributed by atoms with Gasteiger partial charge in [0.25, 0.3) is 0 Å². The number of morpholine rings is 1. The quantitative estimate of drug-likeness (QED) is 0.682. The van der Waals surface area contributed by atoms with E-state index in [9.17, 15) is 13.2 Å². The second-order valence-electron chi connectivity index (χ2n) is 8.30. The zero-order valence-electron chi connectivity index (χ0n) is 17.4. The van der Waals surface area contributed by atoms with Gasteiger partial charge in [0.1, 0.15) is 5.82 Å². The van der Waals surface area contributed by atoms with Gasteiger partial charge in [-0.1, -0.05) is 23.7 Å². The number of hydrogen-bond acceptors (Lipinski definition) is 5. The Balaban J connectivity index is 1.41. The van der Waals surface area contributed by atoms with E-state index in [1.54, 1.807) is 0 Å². The van der Waals surface area contributed by atoms with Gasteiger partial charge in [0.05, 0.1) is 25.1 Å². The number of anilines is 1. The van der Waals surface area contributed by atoms with Crippen LogP contribution in [0.4, 0.5) is 19.0 Å². The number of hydrogen-bond donors (Lipinski definition) is 0. The van der Waals surface area contributed by atoms with E-state index in [0.29, 0.717) is 31.6 Å². The Morgan fingerprint density at radius 3 is 2.52 bits per heavy atom. The van der Waals surface area contributed by atoms with Gasteiger partial charge in [0, 0.05) is 36.7 Å². The van der Waals surface area contributed by atoms with Gasteiger partial charge in [-0.05, 0) is 43.9 Å². The zero-order valence-corrected chi connectivity index (χ0v) is 18.1. The first-order valence-electron chi connectivity index (χ1n) is 10.6. The Morgan fingerprint density at radius 2 is 1.84 bits per heavy atom. The topological polar surface area (TPSA) is 41.5 Å². The lowest BCUT2D eigenvalue weighted by Crippen LogP contribution is -2.56. The van der Waals surface area contributed by atoms with Crippen molar-refractivity contribution in [2.75, 3.05) is 31.1 Å². The molecule has 0 saturated carbocycles. The van der Waals surface area contributed by atoms with Crippen LogP contribution in [0.5, 0.6) is 0 Å². The van der Waals surface area contributed by atoms with Crippen LogP contribution in [0.2, 0.25) is 5.02 Å². The van der Waals surface area contributed by atoms with E-state index in [1.807, 2.05) is 29.2 Å². The smallest absolute Gasteiger partial charge is 0.376 e. The van der Waals surface area contributed by atoms with Gasteiger partial charge < -0.3 is 9.64 Å². The van der Waals surface area contributed by atoms with Crippen molar-refractivity contribution in [3.63, 3.8) is 0 Å². The summed E-state index contributed by atoms with van der Waals surface area (Å²) >= 11 is 6.01. The number of nitrogens with zero attached hydrogens (tertiary/aromatic N) is 4. The summed E-state index contributed by atoms with van der Waals surface area (Å²) in [6.07, 6.45) is 0.462. The van der Waals surface area contributed by atoms with E-state index in [0.717, 1.165) is 37.0 Å². The highest BCUT2D eigenvalue weighted by Gasteiger charge is 2.36. The molecule has 2 fully saturated rings. The molecule has 4 rings (SSSR count). The van der Waals surface area contributed by atoms with E-state index in [2.05, 4.69) is 21.8 Å². The van der Waals surface area contributed by atoms with Crippen molar-refractivity contribution in [2.45, 2.75) is 50.6 Å². The van der Waals surface area contributed by atoms with Gasteiger partial charge in [-0.3, -0.25) is 9.88 Å². The van der Waals surface area contributed by atoms with Gasteiger partial charge in [-0.25, -0.2) is 4.98 Å². The van der Waals surface area contributed by atoms with E-state index >= 15 is 0 Å². The van der Waals surface area contributed by atoms with Crippen LogP contribution in [-0.2, 0) is 17.3 Å². The first kappa shape index (κ1) is 22.3. The van der Waals surface area contributed by atoms with Crippen LogP contribution in [0.15, 0.2) is 36.7 Å². The predicted octanol–water partition coefficient (Wildman–Crippen LogP) is 4.45. The second-order valence-corrected chi connectivity index (χ2v) is 8.74. The third kappa shape index (κ3) is 5.48. The molecule has 3 heterocycles. The highest BCUT2D eigenvalue weighted by molar-refractivity contribution is 6.30. The Kier molecular flexibility index (Phi) is 6.69. The molecule has 0 bridgehead atoms. The first-order valence-corrected chi connectivity index (χ1v) is 10.9. The summed E-state index contributed by atoms with van der Waals surface area (Å²) in [6.45, 7) is 4.91. The van der Waals surface area contributed by atoms with E-state index < -0.39 is 11.9 Å². The Labute approximate surface area is 185 Å². The Hall–Kier alpha value is -1.90. The number of benzene rings is 1. The molecule has 31 heavy (non-hydrogen) atoms. The van der Waals surface area contributed by atoms with Crippen molar-refractivity contribution >= 4 is 17.4 Å². The number of aromatic nitrogens is 2. The molecule has 2 aliphatic heterocycles. The molecule has 5 nitrogen and oxygen atoms in total. The standard InChI is InChI=1S/C22H26ClF3N4O/c1-15-13-30(19(14-31-15)10-16-2-4-17(23)5-3-16)18-6-8-29(9-7-18)21-12-27-11-20(28-21)22(24,25)26/h2-5,11-12,15,18-19H,6-10,13-14H2,1H3/t15-,19-/m0/s1. The van der Waals surface area contributed by atoms with Gasteiger partial charge in [-0.2, -0.15) is 13.2 Å². The monoisotopic (exact) mass is 454 g/mol. The van der Waals surface area contributed by atoms with Gasteiger partial charge in [0.15, 0.2) is 5.69 Å². The summed E-state index contributed by atoms with van der Waals surface area (Å²) in [5, 5.41) is 0.721. The van der Waals surface area contributed by atoms with Crippen LogP contribution in [0.25, 0.3) is 0 Å². The molecule has 0 amide bonds. The average Bonchev–Trinajstić information content (AvgIpc) is 2.76. The van der Waals surface area contributed by atoms with E-state index in [-0.39, 0.29) is 12.1 Å². The van der Waals surface area contributed by atoms with Crippen LogP contribution in [0, 0.1) is 0 Å². The number of piperidine rings is 1. The fourth-order valence-electron chi connectivity index (χ4n) is 4.46. The van der Waals surface area contributed by atoms with Crippen LogP contribution in [-0.4, -0.2) is 59.3 Å². The summed E-state index contributed by atoms with van der Waals surface area (Å²) in [5.74, 6) is 0.293. The fraction of sp³-hybridized carbons (Fsp3) is 0.545. The minimum atomic E-state index is -4.49. The Morgan fingerprint density at radius 1 is 1.13 bits per heavy atom. The normalized spacial score (nSPS) is 23.8. The molecule has 0 aliphatic carbocycles. The minimum Gasteiger partial charge on any atom is -0.376 e. The Bertz CT molecular complexity index is 872.